The minimum Gasteiger partial charge on any atom is -0.467 e. The molecule has 0 aromatic rings. The molecule has 0 spiro atoms. The van der Waals surface area contributed by atoms with E-state index in [4.69, 9.17) is 4.74 Å². The van der Waals surface area contributed by atoms with E-state index in [9.17, 15) is 9.59 Å². The maximum Gasteiger partial charge on any atom is 0.329 e. The number of hydrogen-bond donors (Lipinski definition) is 1. The highest BCUT2D eigenvalue weighted by molar-refractivity contribution is 5.83. The second-order valence-corrected chi connectivity index (χ2v) is 7.07. The van der Waals surface area contributed by atoms with Crippen molar-refractivity contribution < 1.29 is 14.3 Å². The molecule has 0 aliphatic carbocycles. The van der Waals surface area contributed by atoms with Crippen LogP contribution in [0.2, 0.25) is 0 Å². The number of amides is 1. The molecule has 1 amide bonds. The van der Waals surface area contributed by atoms with Gasteiger partial charge in [0.15, 0.2) is 0 Å². The molecule has 0 aromatic heterocycles. The first-order valence-electron chi connectivity index (χ1n) is 7.81. The van der Waals surface area contributed by atoms with Crippen LogP contribution in [-0.4, -0.2) is 49.6 Å². The number of nitrogens with zero attached hydrogens (tertiary/aromatic N) is 1. The minimum absolute atomic E-state index is 0.201. The first-order chi connectivity index (χ1) is 9.74. The van der Waals surface area contributed by atoms with E-state index in [0.717, 1.165) is 25.9 Å². The van der Waals surface area contributed by atoms with Gasteiger partial charge in [-0.15, -0.1) is 0 Å². The molecule has 0 saturated carbocycles. The van der Waals surface area contributed by atoms with Gasteiger partial charge >= 0.3 is 5.97 Å². The van der Waals surface area contributed by atoms with Gasteiger partial charge in [-0.2, -0.15) is 0 Å². The van der Waals surface area contributed by atoms with Crippen LogP contribution in [-0.2, 0) is 14.3 Å². The third-order valence-electron chi connectivity index (χ3n) is 4.35. The number of carbonyl (C=O) groups excluding carboxylic acids is 2. The summed E-state index contributed by atoms with van der Waals surface area (Å²) in [5.74, 6) is 0.134. The van der Waals surface area contributed by atoms with Crippen LogP contribution in [0.15, 0.2) is 0 Å². The van der Waals surface area contributed by atoms with Crippen molar-refractivity contribution in [2.24, 2.45) is 11.3 Å². The molecule has 1 N–H and O–H groups in total. The van der Waals surface area contributed by atoms with Crippen molar-refractivity contribution in [2.75, 3.05) is 26.7 Å². The van der Waals surface area contributed by atoms with Gasteiger partial charge in [0.2, 0.25) is 5.91 Å². The summed E-state index contributed by atoms with van der Waals surface area (Å²) in [7, 11) is 1.36. The van der Waals surface area contributed by atoms with Gasteiger partial charge in [-0.25, -0.2) is 4.79 Å². The molecule has 0 aromatic carbocycles. The van der Waals surface area contributed by atoms with Crippen LogP contribution in [0.5, 0.6) is 0 Å². The Bertz CT molecular complexity index is 363. The van der Waals surface area contributed by atoms with Gasteiger partial charge in [0.05, 0.1) is 7.11 Å². The summed E-state index contributed by atoms with van der Waals surface area (Å²) in [5.41, 5.74) is 0.329. The van der Waals surface area contributed by atoms with E-state index in [1.165, 1.54) is 20.5 Å². The smallest absolute Gasteiger partial charge is 0.329 e. The Labute approximate surface area is 128 Å². The van der Waals surface area contributed by atoms with E-state index in [-0.39, 0.29) is 11.9 Å². The second-order valence-electron chi connectivity index (χ2n) is 7.07. The van der Waals surface area contributed by atoms with E-state index < -0.39 is 6.04 Å². The zero-order valence-electron chi connectivity index (χ0n) is 14.1. The molecular weight excluding hydrogens is 268 g/mol. The SMILES string of the molecule is COC(=O)C(CN1CCCC(C(C)(C)C)CC1)NC(C)=O. The maximum absolute atomic E-state index is 11.8. The number of hydrogen-bond acceptors (Lipinski definition) is 4. The average Bonchev–Trinajstić information content (AvgIpc) is 2.61. The first-order valence-corrected chi connectivity index (χ1v) is 7.81. The Morgan fingerprint density at radius 3 is 2.48 bits per heavy atom. The van der Waals surface area contributed by atoms with Crippen LogP contribution in [0.25, 0.3) is 0 Å². The topological polar surface area (TPSA) is 58.6 Å². The Kier molecular flexibility index (Phi) is 6.65. The minimum atomic E-state index is -0.571. The van der Waals surface area contributed by atoms with Gasteiger partial charge in [-0.1, -0.05) is 20.8 Å². The molecular formula is C16H30N2O3. The second kappa shape index (κ2) is 7.78. The van der Waals surface area contributed by atoms with Crippen LogP contribution in [0.4, 0.5) is 0 Å². The Morgan fingerprint density at radius 2 is 1.95 bits per heavy atom. The molecule has 1 aliphatic heterocycles. The van der Waals surface area contributed by atoms with Crippen molar-refractivity contribution in [1.29, 1.82) is 0 Å². The van der Waals surface area contributed by atoms with Gasteiger partial charge < -0.3 is 15.0 Å². The van der Waals surface area contributed by atoms with Gasteiger partial charge in [-0.05, 0) is 43.7 Å². The Hall–Kier alpha value is -1.10. The molecule has 1 aliphatic rings. The Morgan fingerprint density at radius 1 is 1.29 bits per heavy atom. The normalized spacial score (nSPS) is 22.2. The lowest BCUT2D eigenvalue weighted by molar-refractivity contribution is -0.145. The fourth-order valence-electron chi connectivity index (χ4n) is 3.03. The van der Waals surface area contributed by atoms with Gasteiger partial charge in [0.1, 0.15) is 6.04 Å². The predicted molar refractivity (Wildman–Crippen MR) is 82.9 cm³/mol. The maximum atomic E-state index is 11.8. The van der Waals surface area contributed by atoms with Crippen molar-refractivity contribution in [2.45, 2.75) is 53.0 Å². The fourth-order valence-corrected chi connectivity index (χ4v) is 3.03. The summed E-state index contributed by atoms with van der Waals surface area (Å²) in [6, 6.07) is -0.571. The van der Waals surface area contributed by atoms with Crippen molar-refractivity contribution in [1.82, 2.24) is 10.2 Å². The number of nitrogens with one attached hydrogen (secondary N) is 1. The number of likely N-dealkylation sites (tertiary alicyclic amines) is 1. The molecule has 2 atom stereocenters. The number of esters is 1. The predicted octanol–water partition coefficient (Wildman–Crippen LogP) is 1.81. The third kappa shape index (κ3) is 6.04. The molecule has 5 heteroatoms. The van der Waals surface area contributed by atoms with Crippen molar-refractivity contribution >= 4 is 11.9 Å². The van der Waals surface area contributed by atoms with Crippen LogP contribution in [0.1, 0.15) is 47.0 Å². The average molecular weight is 298 g/mol. The molecule has 1 rings (SSSR count). The van der Waals surface area contributed by atoms with Gasteiger partial charge in [0.25, 0.3) is 0 Å². The van der Waals surface area contributed by atoms with E-state index in [2.05, 4.69) is 31.0 Å². The van der Waals surface area contributed by atoms with Crippen LogP contribution < -0.4 is 5.32 Å². The summed E-state index contributed by atoms with van der Waals surface area (Å²) in [6.45, 7) is 10.8. The van der Waals surface area contributed by atoms with Crippen LogP contribution >= 0.6 is 0 Å². The zero-order valence-corrected chi connectivity index (χ0v) is 14.1. The van der Waals surface area contributed by atoms with Gasteiger partial charge in [-0.3, -0.25) is 4.79 Å². The number of ether oxygens (including phenoxy) is 1. The molecule has 0 radical (unpaired) electrons. The highest BCUT2D eigenvalue weighted by Crippen LogP contribution is 2.34. The third-order valence-corrected chi connectivity index (χ3v) is 4.35. The zero-order chi connectivity index (χ0) is 16.0. The molecule has 0 bridgehead atoms. The lowest BCUT2D eigenvalue weighted by atomic mass is 9.77. The summed E-state index contributed by atoms with van der Waals surface area (Å²) in [4.78, 5) is 25.3. The first kappa shape index (κ1) is 18.0. The van der Waals surface area contributed by atoms with Gasteiger partial charge in [0, 0.05) is 13.5 Å². The molecule has 1 saturated heterocycles. The lowest BCUT2D eigenvalue weighted by Gasteiger charge is -2.30. The molecule has 21 heavy (non-hydrogen) atoms. The van der Waals surface area contributed by atoms with Crippen molar-refractivity contribution in [3.05, 3.63) is 0 Å². The lowest BCUT2D eigenvalue weighted by Crippen LogP contribution is -2.48. The van der Waals surface area contributed by atoms with E-state index in [1.807, 2.05) is 0 Å². The molecule has 5 nitrogen and oxygen atoms in total. The summed E-state index contributed by atoms with van der Waals surface area (Å²) in [6.07, 6.45) is 3.50. The van der Waals surface area contributed by atoms with Crippen LogP contribution in [0.3, 0.4) is 0 Å². The number of carbonyl (C=O) groups is 2. The summed E-state index contributed by atoms with van der Waals surface area (Å²) >= 11 is 0. The fraction of sp³-hybridized carbons (Fsp3) is 0.875. The van der Waals surface area contributed by atoms with E-state index in [0.29, 0.717) is 17.9 Å². The highest BCUT2D eigenvalue weighted by Gasteiger charge is 2.29. The highest BCUT2D eigenvalue weighted by atomic mass is 16.5. The number of rotatable bonds is 4. The standard InChI is InChI=1S/C16H30N2O3/c1-12(19)17-14(15(20)21-5)11-18-9-6-7-13(8-10-18)16(2,3)4/h13-14H,6-11H2,1-5H3,(H,17,19). The summed E-state index contributed by atoms with van der Waals surface area (Å²) < 4.78 is 4.78. The number of methoxy groups -OCH3 is 1. The monoisotopic (exact) mass is 298 g/mol. The van der Waals surface area contributed by atoms with Crippen molar-refractivity contribution in [3.63, 3.8) is 0 Å². The van der Waals surface area contributed by atoms with E-state index >= 15 is 0 Å². The quantitative estimate of drug-likeness (QED) is 0.804. The largest absolute Gasteiger partial charge is 0.467 e. The van der Waals surface area contributed by atoms with E-state index in [1.54, 1.807) is 0 Å². The molecule has 1 fully saturated rings. The van der Waals surface area contributed by atoms with Crippen molar-refractivity contribution in [3.8, 4) is 0 Å². The molecule has 2 unspecified atom stereocenters. The Balaban J connectivity index is 2.60. The molecule has 122 valence electrons. The molecule has 1 heterocycles. The van der Waals surface area contributed by atoms with Crippen LogP contribution in [0, 0.1) is 11.3 Å². The summed E-state index contributed by atoms with van der Waals surface area (Å²) in [5, 5.41) is 2.68.